The van der Waals surface area contributed by atoms with Crippen LogP contribution in [0.25, 0.3) is 10.2 Å². The van der Waals surface area contributed by atoms with Crippen molar-refractivity contribution < 1.29 is 9.72 Å². The zero-order chi connectivity index (χ0) is 17.3. The van der Waals surface area contributed by atoms with Crippen LogP contribution in [0.15, 0.2) is 42.5 Å². The molecule has 1 heterocycles. The molecule has 0 saturated heterocycles. The van der Waals surface area contributed by atoms with Gasteiger partial charge in [0.2, 0.25) is 0 Å². The van der Waals surface area contributed by atoms with Crippen molar-refractivity contribution in [2.75, 3.05) is 7.05 Å². The number of amides is 1. The molecule has 7 heteroatoms. The van der Waals surface area contributed by atoms with Crippen LogP contribution in [0.1, 0.15) is 20.9 Å². The van der Waals surface area contributed by atoms with E-state index in [4.69, 9.17) is 0 Å². The summed E-state index contributed by atoms with van der Waals surface area (Å²) < 4.78 is 1.07. The van der Waals surface area contributed by atoms with Crippen LogP contribution in [0.4, 0.5) is 5.69 Å². The third kappa shape index (κ3) is 2.98. The maximum absolute atomic E-state index is 12.6. The lowest BCUT2D eigenvalue weighted by Crippen LogP contribution is -2.27. The molecule has 0 atom stereocenters. The third-order valence-electron chi connectivity index (χ3n) is 3.79. The van der Waals surface area contributed by atoms with Crippen LogP contribution in [0.5, 0.6) is 0 Å². The first-order valence-electron chi connectivity index (χ1n) is 7.31. The van der Waals surface area contributed by atoms with Crippen LogP contribution in [0.2, 0.25) is 0 Å². The maximum Gasteiger partial charge on any atom is 0.273 e. The molecule has 0 spiro atoms. The fourth-order valence-electron chi connectivity index (χ4n) is 2.52. The standard InChI is InChI=1S/C17H15N3O3S/c1-11-12(6-5-8-14(11)20(22)23)17(21)19(2)10-16-18-13-7-3-4-9-15(13)24-16/h3-9H,10H2,1-2H3. The Morgan fingerprint density at radius 3 is 2.71 bits per heavy atom. The van der Waals surface area contributed by atoms with E-state index in [0.29, 0.717) is 17.7 Å². The number of thiazole rings is 1. The van der Waals surface area contributed by atoms with E-state index >= 15 is 0 Å². The fourth-order valence-corrected chi connectivity index (χ4v) is 3.54. The molecule has 122 valence electrons. The Hall–Kier alpha value is -2.80. The van der Waals surface area contributed by atoms with Crippen LogP contribution in [0, 0.1) is 17.0 Å². The lowest BCUT2D eigenvalue weighted by Gasteiger charge is -2.16. The van der Waals surface area contributed by atoms with Gasteiger partial charge in [-0.3, -0.25) is 14.9 Å². The van der Waals surface area contributed by atoms with E-state index in [2.05, 4.69) is 4.98 Å². The first kappa shape index (κ1) is 16.1. The summed E-state index contributed by atoms with van der Waals surface area (Å²) in [6.45, 7) is 1.96. The van der Waals surface area contributed by atoms with Crippen molar-refractivity contribution in [1.29, 1.82) is 0 Å². The summed E-state index contributed by atoms with van der Waals surface area (Å²) >= 11 is 1.54. The number of rotatable bonds is 4. The van der Waals surface area contributed by atoms with E-state index in [1.807, 2.05) is 24.3 Å². The number of aromatic nitrogens is 1. The van der Waals surface area contributed by atoms with Gasteiger partial charge in [0.25, 0.3) is 11.6 Å². The van der Waals surface area contributed by atoms with Gasteiger partial charge in [0.15, 0.2) is 0 Å². The van der Waals surface area contributed by atoms with Crippen LogP contribution in [-0.2, 0) is 6.54 Å². The largest absolute Gasteiger partial charge is 0.335 e. The van der Waals surface area contributed by atoms with Gasteiger partial charge in [-0.05, 0) is 25.1 Å². The second kappa shape index (κ2) is 6.37. The molecule has 0 radical (unpaired) electrons. The minimum absolute atomic E-state index is 0.0470. The van der Waals surface area contributed by atoms with Gasteiger partial charge in [-0.2, -0.15) is 0 Å². The summed E-state index contributed by atoms with van der Waals surface area (Å²) in [7, 11) is 1.67. The van der Waals surface area contributed by atoms with Crippen molar-refractivity contribution in [3.63, 3.8) is 0 Å². The van der Waals surface area contributed by atoms with E-state index < -0.39 is 4.92 Å². The Balaban J connectivity index is 1.84. The van der Waals surface area contributed by atoms with Gasteiger partial charge in [0.05, 0.1) is 21.7 Å². The van der Waals surface area contributed by atoms with Crippen molar-refractivity contribution >= 4 is 33.1 Å². The van der Waals surface area contributed by atoms with Crippen molar-refractivity contribution in [1.82, 2.24) is 9.88 Å². The average Bonchev–Trinajstić information content (AvgIpc) is 2.96. The molecule has 0 aliphatic rings. The molecular weight excluding hydrogens is 326 g/mol. The molecule has 0 fully saturated rings. The Bertz CT molecular complexity index is 903. The normalized spacial score (nSPS) is 10.8. The Morgan fingerprint density at radius 2 is 2.00 bits per heavy atom. The third-order valence-corrected chi connectivity index (χ3v) is 4.81. The van der Waals surface area contributed by atoms with Crippen molar-refractivity contribution in [3.05, 3.63) is 68.7 Å². The number of nitro benzene ring substituents is 1. The van der Waals surface area contributed by atoms with Gasteiger partial charge in [-0.25, -0.2) is 4.98 Å². The lowest BCUT2D eigenvalue weighted by atomic mass is 10.1. The molecule has 0 bridgehead atoms. The number of carbonyl (C=O) groups is 1. The lowest BCUT2D eigenvalue weighted by molar-refractivity contribution is -0.385. The van der Waals surface area contributed by atoms with E-state index in [9.17, 15) is 14.9 Å². The number of hydrogen-bond acceptors (Lipinski definition) is 5. The van der Waals surface area contributed by atoms with Crippen molar-refractivity contribution in [2.24, 2.45) is 0 Å². The SMILES string of the molecule is Cc1c(C(=O)N(C)Cc2nc3ccccc3s2)cccc1[N+](=O)[O-]. The van der Waals surface area contributed by atoms with Crippen LogP contribution >= 0.6 is 11.3 Å². The zero-order valence-corrected chi connectivity index (χ0v) is 14.0. The number of nitrogens with zero attached hydrogens (tertiary/aromatic N) is 3. The van der Waals surface area contributed by atoms with E-state index in [1.165, 1.54) is 28.4 Å². The second-order valence-corrected chi connectivity index (χ2v) is 6.56. The maximum atomic E-state index is 12.6. The highest BCUT2D eigenvalue weighted by Crippen LogP contribution is 2.25. The van der Waals surface area contributed by atoms with Crippen LogP contribution < -0.4 is 0 Å². The number of hydrogen-bond donors (Lipinski definition) is 0. The van der Waals surface area contributed by atoms with Gasteiger partial charge in [0, 0.05) is 24.2 Å². The monoisotopic (exact) mass is 341 g/mol. The fraction of sp³-hybridized carbons (Fsp3) is 0.176. The summed E-state index contributed by atoms with van der Waals surface area (Å²) in [5, 5.41) is 11.9. The Morgan fingerprint density at radius 1 is 1.25 bits per heavy atom. The molecule has 0 N–H and O–H groups in total. The second-order valence-electron chi connectivity index (χ2n) is 5.44. The van der Waals surface area contributed by atoms with Crippen molar-refractivity contribution in [2.45, 2.75) is 13.5 Å². The molecule has 3 aromatic rings. The van der Waals surface area contributed by atoms with E-state index in [0.717, 1.165) is 15.2 Å². The smallest absolute Gasteiger partial charge is 0.273 e. The van der Waals surface area contributed by atoms with Gasteiger partial charge < -0.3 is 4.90 Å². The molecule has 1 amide bonds. The predicted molar refractivity (Wildman–Crippen MR) is 93.3 cm³/mol. The molecule has 0 saturated carbocycles. The quantitative estimate of drug-likeness (QED) is 0.534. The summed E-state index contributed by atoms with van der Waals surface area (Å²) in [4.78, 5) is 29.2. The molecule has 6 nitrogen and oxygen atoms in total. The van der Waals surface area contributed by atoms with E-state index in [-0.39, 0.29) is 11.6 Å². The van der Waals surface area contributed by atoms with Gasteiger partial charge in [-0.15, -0.1) is 11.3 Å². The average molecular weight is 341 g/mol. The predicted octanol–water partition coefficient (Wildman–Crippen LogP) is 3.79. The molecule has 2 aromatic carbocycles. The number of carbonyl (C=O) groups excluding carboxylic acids is 1. The van der Waals surface area contributed by atoms with Crippen LogP contribution in [-0.4, -0.2) is 27.8 Å². The zero-order valence-electron chi connectivity index (χ0n) is 13.2. The molecular formula is C17H15N3O3S. The summed E-state index contributed by atoms with van der Waals surface area (Å²) in [5.41, 5.74) is 1.58. The van der Waals surface area contributed by atoms with E-state index in [1.54, 1.807) is 20.0 Å². The minimum atomic E-state index is -0.473. The highest BCUT2D eigenvalue weighted by molar-refractivity contribution is 7.18. The molecule has 3 rings (SSSR count). The van der Waals surface area contributed by atoms with Gasteiger partial charge >= 0.3 is 0 Å². The Kier molecular flexibility index (Phi) is 4.26. The highest BCUT2D eigenvalue weighted by Gasteiger charge is 2.21. The number of para-hydroxylation sites is 1. The van der Waals surface area contributed by atoms with Crippen molar-refractivity contribution in [3.8, 4) is 0 Å². The summed E-state index contributed by atoms with van der Waals surface area (Å²) in [6, 6.07) is 12.3. The molecule has 1 aromatic heterocycles. The minimum Gasteiger partial charge on any atom is -0.335 e. The molecule has 0 aliphatic carbocycles. The number of nitro groups is 1. The van der Waals surface area contributed by atoms with Gasteiger partial charge in [-0.1, -0.05) is 18.2 Å². The highest BCUT2D eigenvalue weighted by atomic mass is 32.1. The summed E-state index contributed by atoms with van der Waals surface area (Å²) in [5.74, 6) is -0.254. The molecule has 0 aliphatic heterocycles. The van der Waals surface area contributed by atoms with Gasteiger partial charge in [0.1, 0.15) is 5.01 Å². The number of benzene rings is 2. The summed E-state index contributed by atoms with van der Waals surface area (Å²) in [6.07, 6.45) is 0. The first-order valence-corrected chi connectivity index (χ1v) is 8.13. The number of fused-ring (bicyclic) bond motifs is 1. The first-order chi connectivity index (χ1) is 11.5. The van der Waals surface area contributed by atoms with Crippen LogP contribution in [0.3, 0.4) is 0 Å². The topological polar surface area (TPSA) is 76.3 Å². The Labute approximate surface area is 142 Å². The molecule has 24 heavy (non-hydrogen) atoms. The molecule has 0 unspecified atom stereocenters.